The largest absolute Gasteiger partial charge is 0.279 e. The van der Waals surface area contributed by atoms with Gasteiger partial charge in [-0.3, -0.25) is 14.3 Å². The molecule has 82 valence electrons. The van der Waals surface area contributed by atoms with E-state index in [1.54, 1.807) is 0 Å². The first-order chi connectivity index (χ1) is 8.36. The summed E-state index contributed by atoms with van der Waals surface area (Å²) in [4.78, 5) is 16.4. The minimum absolute atomic E-state index is 0.190. The number of hydrogen-bond donors (Lipinski definition) is 0. The molecule has 1 aromatic carbocycles. The molecule has 4 rings (SSSR count). The van der Waals surface area contributed by atoms with E-state index in [0.717, 1.165) is 28.2 Å². The van der Waals surface area contributed by atoms with Crippen LogP contribution in [0, 0.1) is 0 Å². The van der Waals surface area contributed by atoms with Crippen molar-refractivity contribution in [3.63, 3.8) is 0 Å². The van der Waals surface area contributed by atoms with Gasteiger partial charge in [0.1, 0.15) is 0 Å². The van der Waals surface area contributed by atoms with Crippen LogP contribution in [0.15, 0.2) is 36.7 Å². The molecule has 3 nitrogen and oxygen atoms in total. The van der Waals surface area contributed by atoms with Crippen molar-refractivity contribution < 1.29 is 4.79 Å². The molecule has 2 aromatic heterocycles. The standard InChI is InChI=1S/C14H10N2O/c17-13-6-5-9-7-15-8-11-10-3-1-2-4-12(10)16(13)14(9)11/h1-4,7-8H,5-6H2. The fraction of sp³-hybridized carbons (Fsp3) is 0.143. The van der Waals surface area contributed by atoms with Gasteiger partial charge in [0.2, 0.25) is 5.91 Å². The summed E-state index contributed by atoms with van der Waals surface area (Å²) in [5.41, 5.74) is 3.23. The molecule has 0 unspecified atom stereocenters. The third kappa shape index (κ3) is 1.01. The molecule has 0 N–H and O–H groups in total. The Balaban J connectivity index is 2.38. The van der Waals surface area contributed by atoms with Crippen molar-refractivity contribution in [2.45, 2.75) is 12.8 Å². The highest BCUT2D eigenvalue weighted by atomic mass is 16.2. The zero-order valence-corrected chi connectivity index (χ0v) is 9.18. The summed E-state index contributed by atoms with van der Waals surface area (Å²) in [6, 6.07) is 8.03. The van der Waals surface area contributed by atoms with Crippen LogP contribution in [0.3, 0.4) is 0 Å². The van der Waals surface area contributed by atoms with E-state index in [1.807, 2.05) is 35.2 Å². The van der Waals surface area contributed by atoms with Crippen molar-refractivity contribution in [1.29, 1.82) is 0 Å². The monoisotopic (exact) mass is 222 g/mol. The number of pyridine rings is 1. The zero-order valence-electron chi connectivity index (χ0n) is 9.18. The van der Waals surface area contributed by atoms with E-state index in [2.05, 4.69) is 11.1 Å². The normalized spacial score (nSPS) is 14.7. The van der Waals surface area contributed by atoms with E-state index in [0.29, 0.717) is 6.42 Å². The molecule has 3 heterocycles. The minimum Gasteiger partial charge on any atom is -0.279 e. The Kier molecular flexibility index (Phi) is 1.55. The van der Waals surface area contributed by atoms with Gasteiger partial charge in [-0.1, -0.05) is 18.2 Å². The molecular weight excluding hydrogens is 212 g/mol. The van der Waals surface area contributed by atoms with Crippen molar-refractivity contribution in [3.8, 4) is 0 Å². The maximum atomic E-state index is 12.1. The molecule has 17 heavy (non-hydrogen) atoms. The lowest BCUT2D eigenvalue weighted by molar-refractivity contribution is 0.0908. The van der Waals surface area contributed by atoms with Crippen LogP contribution < -0.4 is 0 Å². The number of carbonyl (C=O) groups excluding carboxylic acids is 1. The van der Waals surface area contributed by atoms with Gasteiger partial charge in [-0.15, -0.1) is 0 Å². The van der Waals surface area contributed by atoms with E-state index in [9.17, 15) is 4.79 Å². The molecule has 0 saturated heterocycles. The van der Waals surface area contributed by atoms with Crippen LogP contribution in [0.2, 0.25) is 0 Å². The predicted molar refractivity (Wildman–Crippen MR) is 66.2 cm³/mol. The molecule has 0 bridgehead atoms. The van der Waals surface area contributed by atoms with Gasteiger partial charge in [0.25, 0.3) is 0 Å². The van der Waals surface area contributed by atoms with Crippen molar-refractivity contribution in [3.05, 3.63) is 42.2 Å². The summed E-state index contributed by atoms with van der Waals surface area (Å²) in [6.07, 6.45) is 5.12. The number of para-hydroxylation sites is 1. The minimum atomic E-state index is 0.190. The molecule has 3 heteroatoms. The SMILES string of the molecule is O=C1CCc2cncc3c4ccccc4n1c23. The molecule has 1 aliphatic heterocycles. The summed E-state index contributed by atoms with van der Waals surface area (Å²) in [5.74, 6) is 0.190. The van der Waals surface area contributed by atoms with Gasteiger partial charge >= 0.3 is 0 Å². The maximum Gasteiger partial charge on any atom is 0.231 e. The van der Waals surface area contributed by atoms with E-state index in [-0.39, 0.29) is 5.91 Å². The van der Waals surface area contributed by atoms with Crippen molar-refractivity contribution in [1.82, 2.24) is 9.55 Å². The van der Waals surface area contributed by atoms with Crippen LogP contribution in [0.4, 0.5) is 0 Å². The Morgan fingerprint density at radius 3 is 2.88 bits per heavy atom. The highest BCUT2D eigenvalue weighted by Crippen LogP contribution is 2.33. The predicted octanol–water partition coefficient (Wildman–Crippen LogP) is 2.78. The average molecular weight is 222 g/mol. The fourth-order valence-corrected chi connectivity index (χ4v) is 2.77. The molecular formula is C14H10N2O. The number of aryl methyl sites for hydroxylation is 1. The van der Waals surface area contributed by atoms with E-state index >= 15 is 0 Å². The van der Waals surface area contributed by atoms with Gasteiger partial charge in [0.05, 0.1) is 11.0 Å². The molecule has 0 aliphatic carbocycles. The molecule has 0 amide bonds. The first kappa shape index (κ1) is 8.93. The highest BCUT2D eigenvalue weighted by Gasteiger charge is 2.22. The molecule has 0 radical (unpaired) electrons. The third-order valence-electron chi connectivity index (χ3n) is 3.51. The Morgan fingerprint density at radius 1 is 1.06 bits per heavy atom. The summed E-state index contributed by atoms with van der Waals surface area (Å²) >= 11 is 0. The van der Waals surface area contributed by atoms with Gasteiger partial charge in [-0.25, -0.2) is 0 Å². The van der Waals surface area contributed by atoms with Gasteiger partial charge in [0, 0.05) is 29.6 Å². The molecule has 0 atom stereocenters. The lowest BCUT2D eigenvalue weighted by Crippen LogP contribution is -2.16. The number of benzene rings is 1. The maximum absolute atomic E-state index is 12.1. The van der Waals surface area contributed by atoms with E-state index in [4.69, 9.17) is 0 Å². The number of nitrogens with zero attached hydrogens (tertiary/aromatic N) is 2. The Bertz CT molecular complexity index is 770. The van der Waals surface area contributed by atoms with Crippen LogP contribution in [0.25, 0.3) is 21.8 Å². The van der Waals surface area contributed by atoms with Crippen LogP contribution in [-0.2, 0) is 6.42 Å². The van der Waals surface area contributed by atoms with Gasteiger partial charge in [-0.2, -0.15) is 0 Å². The Labute approximate surface area is 97.7 Å². The van der Waals surface area contributed by atoms with Crippen LogP contribution in [-0.4, -0.2) is 15.5 Å². The van der Waals surface area contributed by atoms with E-state index < -0.39 is 0 Å². The Morgan fingerprint density at radius 2 is 1.94 bits per heavy atom. The van der Waals surface area contributed by atoms with Gasteiger partial charge in [0.15, 0.2) is 0 Å². The second kappa shape index (κ2) is 2.94. The van der Waals surface area contributed by atoms with Crippen molar-refractivity contribution in [2.75, 3.05) is 0 Å². The second-order valence-corrected chi connectivity index (χ2v) is 4.44. The number of aromatic nitrogens is 2. The first-order valence-electron chi connectivity index (χ1n) is 5.75. The summed E-state index contributed by atoms with van der Waals surface area (Å²) in [7, 11) is 0. The zero-order chi connectivity index (χ0) is 11.4. The smallest absolute Gasteiger partial charge is 0.231 e. The van der Waals surface area contributed by atoms with Gasteiger partial charge < -0.3 is 0 Å². The summed E-state index contributed by atoms with van der Waals surface area (Å²) in [6.45, 7) is 0. The third-order valence-corrected chi connectivity index (χ3v) is 3.51. The number of hydrogen-bond acceptors (Lipinski definition) is 2. The quantitative estimate of drug-likeness (QED) is 0.586. The lowest BCUT2D eigenvalue weighted by atomic mass is 10.1. The molecule has 0 fully saturated rings. The van der Waals surface area contributed by atoms with E-state index in [1.165, 1.54) is 5.56 Å². The number of carbonyl (C=O) groups is 1. The topological polar surface area (TPSA) is 34.9 Å². The molecule has 3 aromatic rings. The first-order valence-corrected chi connectivity index (χ1v) is 5.75. The van der Waals surface area contributed by atoms with Crippen LogP contribution >= 0.6 is 0 Å². The average Bonchev–Trinajstić information content (AvgIpc) is 2.71. The van der Waals surface area contributed by atoms with Crippen molar-refractivity contribution >= 4 is 27.7 Å². The summed E-state index contributed by atoms with van der Waals surface area (Å²) < 4.78 is 1.85. The summed E-state index contributed by atoms with van der Waals surface area (Å²) in [5, 5.41) is 2.21. The number of rotatable bonds is 0. The lowest BCUT2D eigenvalue weighted by Gasteiger charge is -2.14. The highest BCUT2D eigenvalue weighted by molar-refractivity contribution is 6.14. The van der Waals surface area contributed by atoms with Crippen LogP contribution in [0.5, 0.6) is 0 Å². The Hall–Kier alpha value is -2.16. The van der Waals surface area contributed by atoms with Crippen LogP contribution in [0.1, 0.15) is 16.8 Å². The van der Waals surface area contributed by atoms with Gasteiger partial charge in [-0.05, 0) is 18.1 Å². The second-order valence-electron chi connectivity index (χ2n) is 4.44. The molecule has 0 saturated carbocycles. The molecule has 0 spiro atoms. The fourth-order valence-electron chi connectivity index (χ4n) is 2.77. The van der Waals surface area contributed by atoms with Crippen molar-refractivity contribution in [2.24, 2.45) is 0 Å². The number of fused-ring (bicyclic) bond motifs is 3. The molecule has 1 aliphatic rings.